The van der Waals surface area contributed by atoms with Crippen molar-refractivity contribution in [2.75, 3.05) is 6.61 Å². The van der Waals surface area contributed by atoms with Gasteiger partial charge in [0.15, 0.2) is 0 Å². The first-order valence-corrected chi connectivity index (χ1v) is 12.1. The molecule has 0 spiro atoms. The minimum Gasteiger partial charge on any atom is -0.494 e. The van der Waals surface area contributed by atoms with E-state index in [1.165, 1.54) is 18.4 Å². The molecule has 0 bridgehead atoms. The van der Waals surface area contributed by atoms with Crippen LogP contribution in [-0.4, -0.2) is 17.3 Å². The summed E-state index contributed by atoms with van der Waals surface area (Å²) in [6.07, 6.45) is 4.06. The van der Waals surface area contributed by atoms with Gasteiger partial charge in [0, 0.05) is 22.0 Å². The lowest BCUT2D eigenvalue weighted by molar-refractivity contribution is -0.0191. The summed E-state index contributed by atoms with van der Waals surface area (Å²) in [4.78, 5) is 0. The summed E-state index contributed by atoms with van der Waals surface area (Å²) >= 11 is 3.62. The highest BCUT2D eigenvalue weighted by Gasteiger charge is 2.41. The number of hydrazone groups is 1. The molecule has 2 aliphatic rings. The maximum Gasteiger partial charge on any atom is 0.213 e. The van der Waals surface area contributed by atoms with E-state index in [4.69, 9.17) is 14.6 Å². The van der Waals surface area contributed by atoms with Gasteiger partial charge in [-0.2, -0.15) is 5.10 Å². The Kier molecular flexibility index (Phi) is 6.17. The average Bonchev–Trinajstić information content (AvgIpc) is 3.28. The quantitative estimate of drug-likeness (QED) is 0.326. The van der Waals surface area contributed by atoms with Crippen molar-refractivity contribution in [2.24, 2.45) is 5.10 Å². The molecule has 0 N–H and O–H groups in total. The highest BCUT2D eigenvalue weighted by Crippen LogP contribution is 2.48. The van der Waals surface area contributed by atoms with Gasteiger partial charge in [-0.3, -0.25) is 0 Å². The lowest BCUT2D eigenvalue weighted by Gasteiger charge is -2.38. The third-order valence-corrected chi connectivity index (χ3v) is 6.53. The minimum absolute atomic E-state index is 0.140. The van der Waals surface area contributed by atoms with Gasteiger partial charge in [-0.15, -0.1) is 0 Å². The average molecular weight is 491 g/mol. The van der Waals surface area contributed by atoms with E-state index in [0.29, 0.717) is 0 Å². The molecule has 0 fully saturated rings. The third-order valence-electron chi connectivity index (χ3n) is 6.04. The molecule has 2 aliphatic heterocycles. The topological polar surface area (TPSA) is 34.1 Å². The number of halogens is 1. The molecular weight excluding hydrogens is 464 g/mol. The van der Waals surface area contributed by atoms with Crippen molar-refractivity contribution in [1.29, 1.82) is 0 Å². The van der Waals surface area contributed by atoms with Crippen LogP contribution in [0.1, 0.15) is 61.6 Å². The second-order valence-corrected chi connectivity index (χ2v) is 9.21. The largest absolute Gasteiger partial charge is 0.494 e. The van der Waals surface area contributed by atoms with Gasteiger partial charge in [0.05, 0.1) is 18.4 Å². The maximum absolute atomic E-state index is 6.48. The summed E-state index contributed by atoms with van der Waals surface area (Å²) in [5.41, 5.74) is 4.49. The van der Waals surface area contributed by atoms with Crippen molar-refractivity contribution in [3.8, 4) is 11.5 Å². The molecule has 3 aromatic carbocycles. The zero-order valence-electron chi connectivity index (χ0n) is 18.2. The standard InChI is InChI=1S/C27H27BrN2O2/c1-2-3-7-16-31-22-13-10-20(11-14-22)27-30-25(23-17-21(28)12-15-26(23)32-27)18-24(29-30)19-8-5-4-6-9-19/h4-6,8-15,17,25,27H,2-3,7,16,18H2,1H3. The Morgan fingerprint density at radius 2 is 1.84 bits per heavy atom. The Morgan fingerprint density at radius 3 is 2.62 bits per heavy atom. The molecule has 0 aliphatic carbocycles. The molecule has 2 heterocycles. The van der Waals surface area contributed by atoms with Crippen LogP contribution in [-0.2, 0) is 0 Å². The summed E-state index contributed by atoms with van der Waals surface area (Å²) in [7, 11) is 0. The number of rotatable bonds is 7. The van der Waals surface area contributed by atoms with Gasteiger partial charge in [0.1, 0.15) is 11.5 Å². The minimum atomic E-state index is -0.274. The van der Waals surface area contributed by atoms with E-state index in [2.05, 4.69) is 76.4 Å². The van der Waals surface area contributed by atoms with Gasteiger partial charge in [-0.25, -0.2) is 5.01 Å². The van der Waals surface area contributed by atoms with Crippen LogP contribution < -0.4 is 9.47 Å². The van der Waals surface area contributed by atoms with Gasteiger partial charge in [-0.1, -0.05) is 66.0 Å². The molecule has 0 saturated heterocycles. The molecule has 4 nitrogen and oxygen atoms in total. The SMILES string of the molecule is CCCCCOc1ccc(C2Oc3ccc(Br)cc3C3CC(c4ccccc4)=NN32)cc1. The second-order valence-electron chi connectivity index (χ2n) is 8.29. The number of benzene rings is 3. The lowest BCUT2D eigenvalue weighted by atomic mass is 9.96. The molecule has 5 heteroatoms. The van der Waals surface area contributed by atoms with Crippen molar-refractivity contribution in [3.63, 3.8) is 0 Å². The molecule has 32 heavy (non-hydrogen) atoms. The number of unbranched alkanes of at least 4 members (excludes halogenated alkanes) is 2. The predicted octanol–water partition coefficient (Wildman–Crippen LogP) is 7.26. The lowest BCUT2D eigenvalue weighted by Crippen LogP contribution is -2.33. The van der Waals surface area contributed by atoms with Crippen LogP contribution >= 0.6 is 15.9 Å². The van der Waals surface area contributed by atoms with E-state index in [0.717, 1.165) is 52.3 Å². The first-order valence-electron chi connectivity index (χ1n) is 11.3. The van der Waals surface area contributed by atoms with Crippen LogP contribution in [0.5, 0.6) is 11.5 Å². The molecule has 2 atom stereocenters. The highest BCUT2D eigenvalue weighted by molar-refractivity contribution is 9.10. The third kappa shape index (κ3) is 4.26. The zero-order valence-corrected chi connectivity index (χ0v) is 19.8. The number of fused-ring (bicyclic) bond motifs is 3. The summed E-state index contributed by atoms with van der Waals surface area (Å²) in [5.74, 6) is 1.82. The Bertz CT molecular complexity index is 1100. The van der Waals surface area contributed by atoms with E-state index >= 15 is 0 Å². The van der Waals surface area contributed by atoms with Crippen molar-refractivity contribution < 1.29 is 9.47 Å². The van der Waals surface area contributed by atoms with E-state index in [1.54, 1.807) is 0 Å². The van der Waals surface area contributed by atoms with Crippen molar-refractivity contribution >= 4 is 21.6 Å². The Balaban J connectivity index is 1.44. The summed E-state index contributed by atoms with van der Waals surface area (Å²) in [6, 6.07) is 25.1. The normalized spacial score (nSPS) is 19.1. The first kappa shape index (κ1) is 21.1. The molecule has 0 radical (unpaired) electrons. The number of nitrogens with zero attached hydrogens (tertiary/aromatic N) is 2. The fourth-order valence-corrected chi connectivity index (χ4v) is 4.73. The van der Waals surface area contributed by atoms with Crippen LogP contribution in [0.25, 0.3) is 0 Å². The van der Waals surface area contributed by atoms with E-state index in [9.17, 15) is 0 Å². The molecule has 164 valence electrons. The zero-order chi connectivity index (χ0) is 21.9. The van der Waals surface area contributed by atoms with Gasteiger partial charge < -0.3 is 9.47 Å². The Hall–Kier alpha value is -2.79. The van der Waals surface area contributed by atoms with Crippen LogP contribution in [0.4, 0.5) is 0 Å². The van der Waals surface area contributed by atoms with Gasteiger partial charge >= 0.3 is 0 Å². The van der Waals surface area contributed by atoms with Crippen LogP contribution in [0.2, 0.25) is 0 Å². The Labute approximate surface area is 198 Å². The van der Waals surface area contributed by atoms with E-state index in [1.807, 2.05) is 24.3 Å². The summed E-state index contributed by atoms with van der Waals surface area (Å²) < 4.78 is 13.4. The molecule has 0 amide bonds. The highest BCUT2D eigenvalue weighted by atomic mass is 79.9. The fraction of sp³-hybridized carbons (Fsp3) is 0.296. The van der Waals surface area contributed by atoms with Crippen molar-refractivity contribution in [3.05, 3.63) is 94.0 Å². The molecule has 0 aromatic heterocycles. The maximum atomic E-state index is 6.48. The van der Waals surface area contributed by atoms with Crippen molar-refractivity contribution in [2.45, 2.75) is 44.9 Å². The van der Waals surface area contributed by atoms with Crippen LogP contribution in [0.15, 0.2) is 82.4 Å². The number of hydrogen-bond donors (Lipinski definition) is 0. The first-order chi connectivity index (χ1) is 15.7. The molecule has 3 aromatic rings. The number of ether oxygens (including phenoxy) is 2. The second kappa shape index (κ2) is 9.37. The monoisotopic (exact) mass is 490 g/mol. The van der Waals surface area contributed by atoms with Gasteiger partial charge in [-0.05, 0) is 54.4 Å². The van der Waals surface area contributed by atoms with Crippen LogP contribution in [0.3, 0.4) is 0 Å². The molecule has 0 saturated carbocycles. The molecular formula is C27H27BrN2O2. The van der Waals surface area contributed by atoms with Crippen LogP contribution in [0, 0.1) is 0 Å². The predicted molar refractivity (Wildman–Crippen MR) is 131 cm³/mol. The van der Waals surface area contributed by atoms with Gasteiger partial charge in [0.2, 0.25) is 6.23 Å². The van der Waals surface area contributed by atoms with E-state index in [-0.39, 0.29) is 12.3 Å². The van der Waals surface area contributed by atoms with Crippen molar-refractivity contribution in [1.82, 2.24) is 5.01 Å². The Morgan fingerprint density at radius 1 is 1.03 bits per heavy atom. The van der Waals surface area contributed by atoms with E-state index < -0.39 is 0 Å². The molecule has 5 rings (SSSR count). The van der Waals surface area contributed by atoms with Gasteiger partial charge in [0.25, 0.3) is 0 Å². The molecule has 2 unspecified atom stereocenters. The number of hydrogen-bond acceptors (Lipinski definition) is 4. The smallest absolute Gasteiger partial charge is 0.213 e. The summed E-state index contributed by atoms with van der Waals surface area (Å²) in [5, 5.41) is 7.16. The summed E-state index contributed by atoms with van der Waals surface area (Å²) in [6.45, 7) is 2.96. The fourth-order valence-electron chi connectivity index (χ4n) is 4.35.